The number of nitrogen functional groups attached to an aromatic ring is 1. The first-order chi connectivity index (χ1) is 9.22. The number of benzene rings is 1. The first-order valence-corrected chi connectivity index (χ1v) is 7.88. The molecular formula is C14H21N3OS. The normalized spacial score (nSPS) is 15.9. The zero-order valence-electron chi connectivity index (χ0n) is 11.3. The number of anilines is 2. The lowest BCUT2D eigenvalue weighted by atomic mass is 10.1. The van der Waals surface area contributed by atoms with Gasteiger partial charge in [-0.3, -0.25) is 4.79 Å². The number of rotatable bonds is 3. The predicted octanol–water partition coefficient (Wildman–Crippen LogP) is 1.96. The van der Waals surface area contributed by atoms with Crippen LogP contribution in [-0.4, -0.2) is 37.0 Å². The summed E-state index contributed by atoms with van der Waals surface area (Å²) >= 11 is 1.99. The van der Waals surface area contributed by atoms with Crippen molar-refractivity contribution in [3.63, 3.8) is 0 Å². The van der Waals surface area contributed by atoms with E-state index in [2.05, 4.69) is 10.2 Å². The molecule has 1 saturated heterocycles. The summed E-state index contributed by atoms with van der Waals surface area (Å²) in [5.74, 6) is 2.29. The second-order valence-electron chi connectivity index (χ2n) is 4.59. The molecule has 5 heteroatoms. The summed E-state index contributed by atoms with van der Waals surface area (Å²) in [6.45, 7) is 4.60. The van der Waals surface area contributed by atoms with E-state index in [1.54, 1.807) is 6.07 Å². The van der Waals surface area contributed by atoms with E-state index in [0.717, 1.165) is 24.5 Å². The maximum absolute atomic E-state index is 11.8. The Morgan fingerprint density at radius 2 is 2.26 bits per heavy atom. The Labute approximate surface area is 118 Å². The van der Waals surface area contributed by atoms with Gasteiger partial charge in [0.05, 0.1) is 11.4 Å². The Morgan fingerprint density at radius 1 is 1.42 bits per heavy atom. The second-order valence-corrected chi connectivity index (χ2v) is 5.81. The molecule has 1 aromatic carbocycles. The first kappa shape index (κ1) is 14.1. The minimum atomic E-state index is -0.0628. The summed E-state index contributed by atoms with van der Waals surface area (Å²) in [5.41, 5.74) is 8.48. The number of hydrogen-bond acceptors (Lipinski definition) is 4. The van der Waals surface area contributed by atoms with E-state index in [0.29, 0.717) is 17.8 Å². The number of nitrogens with two attached hydrogens (primary N) is 1. The van der Waals surface area contributed by atoms with Crippen molar-refractivity contribution in [2.75, 3.05) is 41.8 Å². The molecule has 0 aliphatic carbocycles. The van der Waals surface area contributed by atoms with Crippen LogP contribution < -0.4 is 16.0 Å². The highest BCUT2D eigenvalue weighted by Crippen LogP contribution is 2.26. The van der Waals surface area contributed by atoms with Crippen LogP contribution in [0.25, 0.3) is 0 Å². The highest BCUT2D eigenvalue weighted by atomic mass is 32.2. The van der Waals surface area contributed by atoms with Gasteiger partial charge in [-0.25, -0.2) is 0 Å². The molecule has 1 fully saturated rings. The van der Waals surface area contributed by atoms with Gasteiger partial charge in [0.15, 0.2) is 0 Å². The maximum Gasteiger partial charge on any atom is 0.251 e. The molecule has 0 spiro atoms. The monoisotopic (exact) mass is 279 g/mol. The predicted molar refractivity (Wildman–Crippen MR) is 83.0 cm³/mol. The molecule has 1 aromatic rings. The Kier molecular flexibility index (Phi) is 4.96. The summed E-state index contributed by atoms with van der Waals surface area (Å²) in [5, 5.41) is 2.79. The van der Waals surface area contributed by atoms with Gasteiger partial charge in [-0.1, -0.05) is 0 Å². The van der Waals surface area contributed by atoms with E-state index in [9.17, 15) is 4.79 Å². The molecule has 1 heterocycles. The Bertz CT molecular complexity index is 442. The number of hydrogen-bond donors (Lipinski definition) is 2. The van der Waals surface area contributed by atoms with E-state index in [1.807, 2.05) is 30.8 Å². The van der Waals surface area contributed by atoms with Crippen LogP contribution in [0.3, 0.4) is 0 Å². The van der Waals surface area contributed by atoms with Gasteiger partial charge in [0, 0.05) is 31.0 Å². The van der Waals surface area contributed by atoms with Gasteiger partial charge in [-0.05, 0) is 37.3 Å². The standard InChI is InChI=1S/C14H21N3OS/c1-2-16-14(18)11-4-5-13(12(15)10-11)17-6-3-8-19-9-7-17/h4-5,10H,2-3,6-9,15H2,1H3,(H,16,18). The lowest BCUT2D eigenvalue weighted by Gasteiger charge is -2.24. The van der Waals surface area contributed by atoms with Crippen LogP contribution in [-0.2, 0) is 0 Å². The molecule has 0 bridgehead atoms. The number of nitrogens with zero attached hydrogens (tertiary/aromatic N) is 1. The molecule has 1 amide bonds. The van der Waals surface area contributed by atoms with Crippen LogP contribution in [0.1, 0.15) is 23.7 Å². The smallest absolute Gasteiger partial charge is 0.251 e. The highest BCUT2D eigenvalue weighted by molar-refractivity contribution is 7.99. The van der Waals surface area contributed by atoms with Crippen molar-refractivity contribution in [3.8, 4) is 0 Å². The summed E-state index contributed by atoms with van der Waals surface area (Å²) in [7, 11) is 0. The van der Waals surface area contributed by atoms with Gasteiger partial charge in [0.1, 0.15) is 0 Å². The zero-order valence-corrected chi connectivity index (χ0v) is 12.1. The lowest BCUT2D eigenvalue weighted by molar-refractivity contribution is 0.0956. The third kappa shape index (κ3) is 3.56. The average Bonchev–Trinajstić information content (AvgIpc) is 2.67. The number of carbonyl (C=O) groups excluding carboxylic acids is 1. The summed E-state index contributed by atoms with van der Waals surface area (Å²) < 4.78 is 0. The van der Waals surface area contributed by atoms with Gasteiger partial charge in [-0.15, -0.1) is 0 Å². The van der Waals surface area contributed by atoms with E-state index in [4.69, 9.17) is 5.73 Å². The molecule has 0 unspecified atom stereocenters. The Morgan fingerprint density at radius 3 is 3.00 bits per heavy atom. The number of carbonyl (C=O) groups is 1. The fourth-order valence-electron chi connectivity index (χ4n) is 2.23. The van der Waals surface area contributed by atoms with Crippen LogP contribution in [0, 0.1) is 0 Å². The quantitative estimate of drug-likeness (QED) is 0.831. The topological polar surface area (TPSA) is 58.4 Å². The summed E-state index contributed by atoms with van der Waals surface area (Å²) in [6, 6.07) is 5.60. The number of amides is 1. The van der Waals surface area contributed by atoms with E-state index >= 15 is 0 Å². The largest absolute Gasteiger partial charge is 0.397 e. The van der Waals surface area contributed by atoms with E-state index < -0.39 is 0 Å². The molecule has 104 valence electrons. The first-order valence-electron chi connectivity index (χ1n) is 6.72. The number of nitrogens with one attached hydrogen (secondary N) is 1. The molecule has 0 saturated carbocycles. The van der Waals surface area contributed by atoms with Crippen molar-refractivity contribution < 1.29 is 4.79 Å². The van der Waals surface area contributed by atoms with Crippen molar-refractivity contribution in [1.82, 2.24) is 5.32 Å². The molecular weight excluding hydrogens is 258 g/mol. The van der Waals surface area contributed by atoms with Crippen LogP contribution in [0.4, 0.5) is 11.4 Å². The van der Waals surface area contributed by atoms with Gasteiger partial charge in [0.2, 0.25) is 0 Å². The fraction of sp³-hybridized carbons (Fsp3) is 0.500. The molecule has 0 radical (unpaired) electrons. The van der Waals surface area contributed by atoms with Crippen molar-refractivity contribution >= 4 is 29.0 Å². The van der Waals surface area contributed by atoms with Crippen LogP contribution in [0.2, 0.25) is 0 Å². The van der Waals surface area contributed by atoms with Crippen LogP contribution >= 0.6 is 11.8 Å². The molecule has 4 nitrogen and oxygen atoms in total. The molecule has 1 aliphatic rings. The minimum absolute atomic E-state index is 0.0628. The molecule has 3 N–H and O–H groups in total. The van der Waals surface area contributed by atoms with Gasteiger partial charge >= 0.3 is 0 Å². The SMILES string of the molecule is CCNC(=O)c1ccc(N2CCCSCC2)c(N)c1. The molecule has 0 aromatic heterocycles. The van der Waals surface area contributed by atoms with Crippen LogP contribution in [0.5, 0.6) is 0 Å². The maximum atomic E-state index is 11.8. The van der Waals surface area contributed by atoms with Crippen molar-refractivity contribution in [3.05, 3.63) is 23.8 Å². The molecule has 2 rings (SSSR count). The molecule has 0 atom stereocenters. The summed E-state index contributed by atoms with van der Waals surface area (Å²) in [6.07, 6.45) is 1.18. The van der Waals surface area contributed by atoms with Crippen molar-refractivity contribution in [2.45, 2.75) is 13.3 Å². The Hall–Kier alpha value is -1.36. The lowest BCUT2D eigenvalue weighted by Crippen LogP contribution is -2.27. The summed E-state index contributed by atoms with van der Waals surface area (Å²) in [4.78, 5) is 14.1. The number of thioether (sulfide) groups is 1. The third-order valence-corrected chi connectivity index (χ3v) is 4.24. The molecule has 1 aliphatic heterocycles. The fourth-order valence-corrected chi connectivity index (χ4v) is 3.12. The third-order valence-electron chi connectivity index (χ3n) is 3.19. The van der Waals surface area contributed by atoms with Crippen LogP contribution in [0.15, 0.2) is 18.2 Å². The Balaban J connectivity index is 2.16. The minimum Gasteiger partial charge on any atom is -0.397 e. The zero-order chi connectivity index (χ0) is 13.7. The van der Waals surface area contributed by atoms with Gasteiger partial charge in [-0.2, -0.15) is 11.8 Å². The van der Waals surface area contributed by atoms with Crippen molar-refractivity contribution in [1.29, 1.82) is 0 Å². The van der Waals surface area contributed by atoms with E-state index in [1.165, 1.54) is 12.2 Å². The molecule has 19 heavy (non-hydrogen) atoms. The second kappa shape index (κ2) is 6.70. The van der Waals surface area contributed by atoms with Crippen molar-refractivity contribution in [2.24, 2.45) is 0 Å². The van der Waals surface area contributed by atoms with Gasteiger partial charge in [0.25, 0.3) is 5.91 Å². The van der Waals surface area contributed by atoms with Gasteiger partial charge < -0.3 is 16.0 Å². The average molecular weight is 279 g/mol. The highest BCUT2D eigenvalue weighted by Gasteiger charge is 2.14. The van der Waals surface area contributed by atoms with E-state index in [-0.39, 0.29) is 5.91 Å².